The lowest BCUT2D eigenvalue weighted by Gasteiger charge is -2.03. The summed E-state index contributed by atoms with van der Waals surface area (Å²) >= 11 is 1.30. The summed E-state index contributed by atoms with van der Waals surface area (Å²) in [5, 5.41) is 8.86. The van der Waals surface area contributed by atoms with E-state index in [9.17, 15) is 4.79 Å². The van der Waals surface area contributed by atoms with Gasteiger partial charge in [0.05, 0.1) is 24.2 Å². The van der Waals surface area contributed by atoms with Crippen molar-refractivity contribution in [3.05, 3.63) is 18.1 Å². The molecule has 0 saturated heterocycles. The Morgan fingerprint density at radius 2 is 2.32 bits per heavy atom. The number of thioether (sulfide) groups is 1. The van der Waals surface area contributed by atoms with Crippen molar-refractivity contribution in [2.45, 2.75) is 19.0 Å². The first-order valence-electron chi connectivity index (χ1n) is 5.85. The number of carbonyl (C=O) groups excluding carboxylic acids is 1. The van der Waals surface area contributed by atoms with E-state index in [1.54, 1.807) is 13.2 Å². The number of hydrogen-bond donors (Lipinski definition) is 0. The Balaban J connectivity index is 2.11. The monoisotopic (exact) mass is 281 g/mol. The number of nitrogens with zero attached hydrogens (tertiary/aromatic N) is 3. The number of rotatable bonds is 5. The van der Waals surface area contributed by atoms with E-state index in [0.29, 0.717) is 11.8 Å². The van der Waals surface area contributed by atoms with E-state index >= 15 is 0 Å². The molecule has 2 aromatic heterocycles. The molecule has 2 heterocycles. The summed E-state index contributed by atoms with van der Waals surface area (Å²) in [5.41, 5.74) is 0.901. The molecule has 0 aliphatic carbocycles. The number of carbonyl (C=O) groups is 1. The van der Waals surface area contributed by atoms with Gasteiger partial charge < -0.3 is 13.7 Å². The molecule has 7 heteroatoms. The molecule has 2 rings (SSSR count). The highest BCUT2D eigenvalue weighted by Gasteiger charge is 2.15. The Morgan fingerprint density at radius 1 is 1.53 bits per heavy atom. The van der Waals surface area contributed by atoms with Crippen LogP contribution in [-0.4, -0.2) is 33.1 Å². The zero-order valence-corrected chi connectivity index (χ0v) is 11.9. The molecule has 0 saturated carbocycles. The molecule has 0 bridgehead atoms. The van der Waals surface area contributed by atoms with Crippen LogP contribution in [-0.2, 0) is 16.6 Å². The fourth-order valence-corrected chi connectivity index (χ4v) is 2.33. The van der Waals surface area contributed by atoms with Crippen LogP contribution in [0.5, 0.6) is 0 Å². The van der Waals surface area contributed by atoms with E-state index in [1.165, 1.54) is 11.8 Å². The molecule has 0 radical (unpaired) electrons. The lowest BCUT2D eigenvalue weighted by Crippen LogP contribution is -2.07. The first-order valence-corrected chi connectivity index (χ1v) is 6.84. The standard InChI is InChI=1S/C12H15N3O3S/c1-4-17-10(16)7-19-12-14-13-11(15(12)3)9-5-6-18-8(9)2/h5-6H,4,7H2,1-3H3. The number of aryl methyl sites for hydroxylation is 1. The number of esters is 1. The highest BCUT2D eigenvalue weighted by Crippen LogP contribution is 2.25. The van der Waals surface area contributed by atoms with Gasteiger partial charge in [0.2, 0.25) is 0 Å². The third kappa shape index (κ3) is 2.98. The summed E-state index contributed by atoms with van der Waals surface area (Å²) in [6.07, 6.45) is 1.62. The second kappa shape index (κ2) is 5.92. The van der Waals surface area contributed by atoms with Crippen molar-refractivity contribution in [1.82, 2.24) is 14.8 Å². The van der Waals surface area contributed by atoms with E-state index in [-0.39, 0.29) is 11.7 Å². The largest absolute Gasteiger partial charge is 0.469 e. The van der Waals surface area contributed by atoms with Crippen molar-refractivity contribution in [3.63, 3.8) is 0 Å². The van der Waals surface area contributed by atoms with Crippen molar-refractivity contribution >= 4 is 17.7 Å². The minimum atomic E-state index is -0.253. The molecule has 0 unspecified atom stereocenters. The van der Waals surface area contributed by atoms with Crippen molar-refractivity contribution in [2.75, 3.05) is 12.4 Å². The van der Waals surface area contributed by atoms with Crippen LogP contribution < -0.4 is 0 Å². The molecule has 0 amide bonds. The maximum absolute atomic E-state index is 11.3. The molecular formula is C12H15N3O3S. The zero-order valence-electron chi connectivity index (χ0n) is 11.0. The summed E-state index contributed by atoms with van der Waals surface area (Å²) in [5.74, 6) is 1.48. The molecule has 0 aromatic carbocycles. The van der Waals surface area contributed by atoms with Gasteiger partial charge in [0.25, 0.3) is 0 Å². The third-order valence-electron chi connectivity index (χ3n) is 2.56. The summed E-state index contributed by atoms with van der Waals surface area (Å²) in [6, 6.07) is 1.85. The van der Waals surface area contributed by atoms with Gasteiger partial charge in [0, 0.05) is 7.05 Å². The normalized spacial score (nSPS) is 10.7. The Kier molecular flexibility index (Phi) is 4.26. The van der Waals surface area contributed by atoms with Crippen LogP contribution in [0.3, 0.4) is 0 Å². The van der Waals surface area contributed by atoms with Gasteiger partial charge in [-0.05, 0) is 19.9 Å². The van der Waals surface area contributed by atoms with Gasteiger partial charge in [-0.3, -0.25) is 4.79 Å². The molecule has 0 fully saturated rings. The van der Waals surface area contributed by atoms with Crippen LogP contribution >= 0.6 is 11.8 Å². The Bertz CT molecular complexity index is 577. The average Bonchev–Trinajstić information content (AvgIpc) is 2.94. The summed E-state index contributed by atoms with van der Waals surface area (Å²) < 4.78 is 12.0. The molecule has 2 aromatic rings. The quantitative estimate of drug-likeness (QED) is 0.617. The maximum atomic E-state index is 11.3. The van der Waals surface area contributed by atoms with E-state index in [0.717, 1.165) is 17.1 Å². The van der Waals surface area contributed by atoms with Crippen LogP contribution in [0.15, 0.2) is 21.9 Å². The summed E-state index contributed by atoms with van der Waals surface area (Å²) in [7, 11) is 1.86. The highest BCUT2D eigenvalue weighted by atomic mass is 32.2. The molecule has 102 valence electrons. The number of hydrogen-bond acceptors (Lipinski definition) is 6. The first kappa shape index (κ1) is 13.7. The van der Waals surface area contributed by atoms with Gasteiger partial charge in [-0.15, -0.1) is 10.2 Å². The molecule has 0 atom stereocenters. The van der Waals surface area contributed by atoms with E-state index < -0.39 is 0 Å². The van der Waals surface area contributed by atoms with Gasteiger partial charge >= 0.3 is 5.97 Å². The van der Waals surface area contributed by atoms with Gasteiger partial charge in [-0.1, -0.05) is 11.8 Å². The molecular weight excluding hydrogens is 266 g/mol. The lowest BCUT2D eigenvalue weighted by atomic mass is 10.2. The van der Waals surface area contributed by atoms with E-state index in [2.05, 4.69) is 10.2 Å². The Hall–Kier alpha value is -1.76. The lowest BCUT2D eigenvalue weighted by molar-refractivity contribution is -0.139. The molecule has 0 N–H and O–H groups in total. The van der Waals surface area contributed by atoms with Crippen LogP contribution in [0.1, 0.15) is 12.7 Å². The van der Waals surface area contributed by atoms with Crippen LogP contribution in [0.4, 0.5) is 0 Å². The van der Waals surface area contributed by atoms with Crippen molar-refractivity contribution in [2.24, 2.45) is 7.05 Å². The van der Waals surface area contributed by atoms with Gasteiger partial charge in [0.1, 0.15) is 5.76 Å². The molecule has 0 aliphatic heterocycles. The number of aromatic nitrogens is 3. The predicted molar refractivity (Wildman–Crippen MR) is 70.8 cm³/mol. The van der Waals surface area contributed by atoms with Crippen LogP contribution in [0, 0.1) is 6.92 Å². The fraction of sp³-hybridized carbons (Fsp3) is 0.417. The topological polar surface area (TPSA) is 70.2 Å². The number of furan rings is 1. The van der Waals surface area contributed by atoms with Gasteiger partial charge in [0.15, 0.2) is 11.0 Å². The Morgan fingerprint density at radius 3 is 2.95 bits per heavy atom. The van der Waals surface area contributed by atoms with E-state index in [4.69, 9.17) is 9.15 Å². The van der Waals surface area contributed by atoms with Crippen molar-refractivity contribution < 1.29 is 13.9 Å². The minimum Gasteiger partial charge on any atom is -0.469 e. The van der Waals surface area contributed by atoms with Crippen molar-refractivity contribution in [1.29, 1.82) is 0 Å². The van der Waals surface area contributed by atoms with Gasteiger partial charge in [-0.25, -0.2) is 0 Å². The Labute approximate surface area is 115 Å². The molecule has 6 nitrogen and oxygen atoms in total. The maximum Gasteiger partial charge on any atom is 0.316 e. The van der Waals surface area contributed by atoms with Crippen LogP contribution in [0.2, 0.25) is 0 Å². The molecule has 0 spiro atoms. The summed E-state index contributed by atoms with van der Waals surface area (Å²) in [4.78, 5) is 11.3. The van der Waals surface area contributed by atoms with E-state index in [1.807, 2.05) is 24.6 Å². The average molecular weight is 281 g/mol. The van der Waals surface area contributed by atoms with Gasteiger partial charge in [-0.2, -0.15) is 0 Å². The first-order chi connectivity index (χ1) is 9.13. The number of ether oxygens (including phenoxy) is 1. The second-order valence-corrected chi connectivity index (χ2v) is 4.79. The molecule has 0 aliphatic rings. The molecule has 19 heavy (non-hydrogen) atoms. The second-order valence-electron chi connectivity index (χ2n) is 3.85. The highest BCUT2D eigenvalue weighted by molar-refractivity contribution is 7.99. The third-order valence-corrected chi connectivity index (χ3v) is 3.55. The SMILES string of the molecule is CCOC(=O)CSc1nnc(-c2ccoc2C)n1C. The van der Waals surface area contributed by atoms with Crippen molar-refractivity contribution in [3.8, 4) is 11.4 Å². The smallest absolute Gasteiger partial charge is 0.316 e. The zero-order chi connectivity index (χ0) is 13.8. The fourth-order valence-electron chi connectivity index (χ4n) is 1.62. The minimum absolute atomic E-state index is 0.226. The predicted octanol–water partition coefficient (Wildman–Crippen LogP) is 2.04. The summed E-state index contributed by atoms with van der Waals surface area (Å²) in [6.45, 7) is 4.04. The van der Waals surface area contributed by atoms with Crippen LogP contribution in [0.25, 0.3) is 11.4 Å².